The Bertz CT molecular complexity index is 1170. The Hall–Kier alpha value is -2.44. The highest BCUT2D eigenvalue weighted by Crippen LogP contribution is 2.32. The van der Waals surface area contributed by atoms with Crippen molar-refractivity contribution in [2.45, 2.75) is 0 Å². The molecule has 0 bridgehead atoms. The third-order valence-electron chi connectivity index (χ3n) is 4.40. The molecule has 0 fully saturated rings. The molecule has 3 aromatic carbocycles. The second-order valence-corrected chi connectivity index (χ2v) is 7.32. The third kappa shape index (κ3) is 2.33. The van der Waals surface area contributed by atoms with Gasteiger partial charge in [0.1, 0.15) is 0 Å². The van der Waals surface area contributed by atoms with Gasteiger partial charge >= 0.3 is 0 Å². The lowest BCUT2D eigenvalue weighted by Gasteiger charge is -2.14. The first kappa shape index (κ1) is 15.8. The fourth-order valence-corrected chi connectivity index (χ4v) is 4.44. The lowest BCUT2D eigenvalue weighted by atomic mass is 10.2. The Kier molecular flexibility index (Phi) is 3.69. The van der Waals surface area contributed by atoms with Gasteiger partial charge in [0, 0.05) is 0 Å². The summed E-state index contributed by atoms with van der Waals surface area (Å²) in [6.07, 6.45) is 0. The Morgan fingerprint density at radius 3 is 1.38 bits per heavy atom. The number of benzene rings is 3. The van der Waals surface area contributed by atoms with Gasteiger partial charge in [-0.1, -0.05) is 36.4 Å². The summed E-state index contributed by atoms with van der Waals surface area (Å²) in [4.78, 5) is 9.28. The molecule has 0 aliphatic heterocycles. The first-order valence-electron chi connectivity index (χ1n) is 8.10. The predicted octanol–water partition coefficient (Wildman–Crippen LogP) is 5.89. The summed E-state index contributed by atoms with van der Waals surface area (Å²) in [7, 11) is 0. The first-order valence-corrected chi connectivity index (χ1v) is 9.68. The molecule has 2 aromatic heterocycles. The fraction of sp³-hybridized carbons (Fsp3) is 0. The highest BCUT2D eigenvalue weighted by Gasteiger charge is 2.17. The molecule has 0 aliphatic rings. The number of hydrogen-bond donors (Lipinski definition) is 0. The molecule has 2 heterocycles. The van der Waals surface area contributed by atoms with Crippen molar-refractivity contribution in [3.05, 3.63) is 82.3 Å². The highest BCUT2D eigenvalue weighted by molar-refractivity contribution is 9.10. The normalized spacial score (nSPS) is 11.5. The van der Waals surface area contributed by atoms with Crippen LogP contribution >= 0.6 is 31.9 Å². The van der Waals surface area contributed by atoms with Crippen LogP contribution in [-0.2, 0) is 0 Å². The van der Waals surface area contributed by atoms with E-state index < -0.39 is 0 Å². The van der Waals surface area contributed by atoms with Crippen LogP contribution in [0.4, 0.5) is 0 Å². The van der Waals surface area contributed by atoms with Crippen molar-refractivity contribution in [2.75, 3.05) is 0 Å². The molecule has 26 heavy (non-hydrogen) atoms. The average molecular weight is 468 g/mol. The Morgan fingerprint density at radius 1 is 0.538 bits per heavy atom. The van der Waals surface area contributed by atoms with Crippen LogP contribution in [0.25, 0.3) is 33.4 Å². The molecule has 0 N–H and O–H groups in total. The summed E-state index contributed by atoms with van der Waals surface area (Å²) in [5, 5.41) is 0. The van der Waals surface area contributed by atoms with Gasteiger partial charge < -0.3 is 0 Å². The molecular weight excluding hydrogens is 456 g/mol. The van der Waals surface area contributed by atoms with Crippen molar-refractivity contribution in [1.82, 2.24) is 19.1 Å². The van der Waals surface area contributed by atoms with Gasteiger partial charge in [-0.15, -0.1) is 0 Å². The predicted molar refractivity (Wildman–Crippen MR) is 111 cm³/mol. The van der Waals surface area contributed by atoms with Gasteiger partial charge in [-0.25, -0.2) is 9.97 Å². The largest absolute Gasteiger partial charge is 0.285 e. The quantitative estimate of drug-likeness (QED) is 0.324. The van der Waals surface area contributed by atoms with E-state index in [0.717, 1.165) is 42.9 Å². The molecule has 0 amide bonds. The maximum Gasteiger partial charge on any atom is 0.182 e. The number of nitrogens with zero attached hydrogens (tertiary/aromatic N) is 4. The van der Waals surface area contributed by atoms with Crippen LogP contribution in [-0.4, -0.2) is 19.1 Å². The van der Waals surface area contributed by atoms with Crippen molar-refractivity contribution in [2.24, 2.45) is 0 Å². The minimum atomic E-state index is 0.770. The van der Waals surface area contributed by atoms with Gasteiger partial charge in [0.25, 0.3) is 0 Å². The molecule has 4 nitrogen and oxygen atoms in total. The number of rotatable bonds is 2. The third-order valence-corrected chi connectivity index (χ3v) is 5.47. The molecule has 0 radical (unpaired) electrons. The van der Waals surface area contributed by atoms with Crippen LogP contribution in [0.15, 0.2) is 82.3 Å². The van der Waals surface area contributed by atoms with E-state index in [2.05, 4.69) is 75.2 Å². The Morgan fingerprint density at radius 2 is 0.923 bits per heavy atom. The van der Waals surface area contributed by atoms with E-state index in [9.17, 15) is 0 Å². The zero-order valence-electron chi connectivity index (χ0n) is 13.5. The molecular formula is C20H12Br2N4. The van der Waals surface area contributed by atoms with Gasteiger partial charge in [-0.05, 0) is 68.3 Å². The van der Waals surface area contributed by atoms with Crippen LogP contribution in [0.2, 0.25) is 0 Å². The van der Waals surface area contributed by atoms with E-state index >= 15 is 0 Å². The number of hydrogen-bond acceptors (Lipinski definition) is 2. The topological polar surface area (TPSA) is 35.6 Å². The summed E-state index contributed by atoms with van der Waals surface area (Å²) in [6, 6.07) is 24.5. The maximum absolute atomic E-state index is 4.64. The average Bonchev–Trinajstić information content (AvgIpc) is 3.17. The number of para-hydroxylation sites is 6. The second-order valence-electron chi connectivity index (χ2n) is 5.90. The van der Waals surface area contributed by atoms with Gasteiger partial charge in [-0.2, -0.15) is 0 Å². The maximum atomic E-state index is 4.64. The van der Waals surface area contributed by atoms with E-state index in [1.807, 2.05) is 48.5 Å². The molecule has 126 valence electrons. The standard InChI is InChI=1S/C20H12Br2N4/c21-19-23-13-7-1-3-9-15(13)25(19)17-11-5-6-12-18(17)26-16-10-4-2-8-14(16)24-20(26)22/h1-12H. The Balaban J connectivity index is 1.86. The summed E-state index contributed by atoms with van der Waals surface area (Å²) < 4.78 is 5.77. The molecule has 5 aromatic rings. The van der Waals surface area contributed by atoms with Crippen molar-refractivity contribution < 1.29 is 0 Å². The van der Waals surface area contributed by atoms with E-state index in [1.165, 1.54) is 0 Å². The second kappa shape index (κ2) is 6.07. The van der Waals surface area contributed by atoms with Gasteiger partial charge in [0.15, 0.2) is 9.47 Å². The van der Waals surface area contributed by atoms with Crippen molar-refractivity contribution in [3.8, 4) is 11.4 Å². The van der Waals surface area contributed by atoms with Crippen molar-refractivity contribution >= 4 is 53.9 Å². The molecule has 0 spiro atoms. The number of aromatic nitrogens is 4. The van der Waals surface area contributed by atoms with Gasteiger partial charge in [0.2, 0.25) is 0 Å². The SMILES string of the molecule is Brc1nc2ccccc2n1-c1ccccc1-n1c(Br)nc2ccccc21. The van der Waals surface area contributed by atoms with E-state index in [0.29, 0.717) is 0 Å². The first-order chi connectivity index (χ1) is 12.7. The number of fused-ring (bicyclic) bond motifs is 2. The lowest BCUT2D eigenvalue weighted by molar-refractivity contribution is 0.980. The zero-order chi connectivity index (χ0) is 17.7. The summed E-state index contributed by atoms with van der Waals surface area (Å²) in [5.74, 6) is 0. The van der Waals surface area contributed by atoms with Crippen LogP contribution < -0.4 is 0 Å². The van der Waals surface area contributed by atoms with Crippen LogP contribution in [0.5, 0.6) is 0 Å². The summed E-state index contributed by atoms with van der Waals surface area (Å²) in [5.41, 5.74) is 6.04. The van der Waals surface area contributed by atoms with E-state index in [-0.39, 0.29) is 0 Å². The molecule has 0 unspecified atom stereocenters. The van der Waals surface area contributed by atoms with Gasteiger partial charge in [0.05, 0.1) is 33.4 Å². The molecule has 5 rings (SSSR count). The van der Waals surface area contributed by atoms with E-state index in [1.54, 1.807) is 0 Å². The molecule has 0 saturated carbocycles. The molecule has 0 saturated heterocycles. The van der Waals surface area contributed by atoms with E-state index in [4.69, 9.17) is 0 Å². The Labute approximate surface area is 166 Å². The summed E-state index contributed by atoms with van der Waals surface area (Å²) >= 11 is 7.25. The van der Waals surface area contributed by atoms with Gasteiger partial charge in [-0.3, -0.25) is 9.13 Å². The van der Waals surface area contributed by atoms with Crippen molar-refractivity contribution in [3.63, 3.8) is 0 Å². The summed E-state index contributed by atoms with van der Waals surface area (Å²) in [6.45, 7) is 0. The number of halogens is 2. The fourth-order valence-electron chi connectivity index (χ4n) is 3.29. The molecule has 6 heteroatoms. The smallest absolute Gasteiger partial charge is 0.182 e. The van der Waals surface area contributed by atoms with Crippen LogP contribution in [0.1, 0.15) is 0 Å². The van der Waals surface area contributed by atoms with Crippen molar-refractivity contribution in [1.29, 1.82) is 0 Å². The minimum absolute atomic E-state index is 0.770. The van der Waals surface area contributed by atoms with Crippen LogP contribution in [0, 0.1) is 0 Å². The highest BCUT2D eigenvalue weighted by atomic mass is 79.9. The van der Waals surface area contributed by atoms with Crippen LogP contribution in [0.3, 0.4) is 0 Å². The lowest BCUT2D eigenvalue weighted by Crippen LogP contribution is -2.03. The minimum Gasteiger partial charge on any atom is -0.285 e. The monoisotopic (exact) mass is 466 g/mol. The number of imidazole rings is 2. The zero-order valence-corrected chi connectivity index (χ0v) is 16.6. The molecule has 0 aliphatic carbocycles. The molecule has 0 atom stereocenters.